The van der Waals surface area contributed by atoms with Gasteiger partial charge in [-0.25, -0.2) is 4.98 Å². The van der Waals surface area contributed by atoms with Gasteiger partial charge in [-0.2, -0.15) is 5.26 Å². The van der Waals surface area contributed by atoms with Gasteiger partial charge in [0.2, 0.25) is 0 Å². The normalized spacial score (nSPS) is 17.4. The quantitative estimate of drug-likeness (QED) is 0.801. The Morgan fingerprint density at radius 1 is 1.04 bits per heavy atom. The van der Waals surface area contributed by atoms with E-state index in [4.69, 9.17) is 4.98 Å². The van der Waals surface area contributed by atoms with Crippen molar-refractivity contribution in [3.8, 4) is 6.07 Å². The zero-order valence-electron chi connectivity index (χ0n) is 17.1. The summed E-state index contributed by atoms with van der Waals surface area (Å²) in [6.07, 6.45) is 4.56. The minimum Gasteiger partial charge on any atom is -0.353 e. The molecule has 0 N–H and O–H groups in total. The molecule has 146 valence electrons. The van der Waals surface area contributed by atoms with Crippen LogP contribution in [-0.2, 0) is 19.4 Å². The Balaban J connectivity index is 1.41. The molecule has 4 nitrogen and oxygen atoms in total. The fourth-order valence-electron chi connectivity index (χ4n) is 4.33. The third kappa shape index (κ3) is 4.05. The Kier molecular flexibility index (Phi) is 5.64. The van der Waals surface area contributed by atoms with E-state index >= 15 is 0 Å². The van der Waals surface area contributed by atoms with E-state index in [9.17, 15) is 5.26 Å². The van der Waals surface area contributed by atoms with Crippen LogP contribution in [0.4, 0.5) is 5.82 Å². The standard InChI is InChI=1S/C24H30N4/c1-18(2)20-9-7-19(8-10-20)17-27-11-13-28(14-12-27)24-22(16-25)15-21-5-3-4-6-23(21)26-24/h7-10,15,18H,3-6,11-14,17H2,1-2H3. The SMILES string of the molecule is CC(C)c1ccc(CN2CCN(c3nc4c(cc3C#N)CCCC4)CC2)cc1. The highest BCUT2D eigenvalue weighted by Crippen LogP contribution is 2.27. The van der Waals surface area contributed by atoms with E-state index in [0.717, 1.165) is 56.9 Å². The summed E-state index contributed by atoms with van der Waals surface area (Å²) in [4.78, 5) is 9.74. The molecule has 1 saturated heterocycles. The molecule has 1 aromatic carbocycles. The third-order valence-corrected chi connectivity index (χ3v) is 6.13. The topological polar surface area (TPSA) is 43.2 Å². The number of rotatable bonds is 4. The molecule has 4 rings (SSSR count). The average Bonchev–Trinajstić information content (AvgIpc) is 2.73. The fourth-order valence-corrected chi connectivity index (χ4v) is 4.33. The highest BCUT2D eigenvalue weighted by Gasteiger charge is 2.23. The number of hydrogen-bond donors (Lipinski definition) is 0. The van der Waals surface area contributed by atoms with Crippen molar-refractivity contribution in [1.29, 1.82) is 5.26 Å². The molecule has 2 heterocycles. The molecule has 1 aliphatic heterocycles. The summed E-state index contributed by atoms with van der Waals surface area (Å²) in [5.41, 5.74) is 6.03. The number of benzene rings is 1. The van der Waals surface area contributed by atoms with Gasteiger partial charge in [0.25, 0.3) is 0 Å². The third-order valence-electron chi connectivity index (χ3n) is 6.13. The highest BCUT2D eigenvalue weighted by molar-refractivity contribution is 5.56. The Morgan fingerprint density at radius 2 is 1.75 bits per heavy atom. The smallest absolute Gasteiger partial charge is 0.146 e. The molecule has 0 spiro atoms. The predicted octanol–water partition coefficient (Wildman–Crippen LogP) is 4.28. The molecular formula is C24H30N4. The molecule has 0 bridgehead atoms. The average molecular weight is 375 g/mol. The molecule has 4 heteroatoms. The van der Waals surface area contributed by atoms with Crippen LogP contribution in [0.15, 0.2) is 30.3 Å². The van der Waals surface area contributed by atoms with Gasteiger partial charge < -0.3 is 4.90 Å². The maximum absolute atomic E-state index is 9.63. The van der Waals surface area contributed by atoms with E-state index < -0.39 is 0 Å². The minimum absolute atomic E-state index is 0.580. The number of hydrogen-bond acceptors (Lipinski definition) is 4. The zero-order valence-corrected chi connectivity index (χ0v) is 17.1. The Morgan fingerprint density at radius 3 is 2.43 bits per heavy atom. The van der Waals surface area contributed by atoms with Gasteiger partial charge in [0.1, 0.15) is 11.9 Å². The second kappa shape index (κ2) is 8.32. The number of piperazine rings is 1. The fraction of sp³-hybridized carbons (Fsp3) is 0.500. The van der Waals surface area contributed by atoms with Crippen molar-refractivity contribution < 1.29 is 0 Å². The van der Waals surface area contributed by atoms with Crippen LogP contribution in [0.3, 0.4) is 0 Å². The second-order valence-corrected chi connectivity index (χ2v) is 8.44. The van der Waals surface area contributed by atoms with Crippen molar-refractivity contribution in [3.05, 3.63) is 58.3 Å². The Labute approximate surface area is 168 Å². The first-order valence-electron chi connectivity index (χ1n) is 10.6. The van der Waals surface area contributed by atoms with Crippen molar-refractivity contribution >= 4 is 5.82 Å². The van der Waals surface area contributed by atoms with Crippen molar-refractivity contribution in [2.75, 3.05) is 31.1 Å². The summed E-state index contributed by atoms with van der Waals surface area (Å²) >= 11 is 0. The van der Waals surface area contributed by atoms with Crippen LogP contribution in [0, 0.1) is 11.3 Å². The van der Waals surface area contributed by atoms with Crippen LogP contribution in [0.25, 0.3) is 0 Å². The van der Waals surface area contributed by atoms with E-state index in [0.29, 0.717) is 5.92 Å². The van der Waals surface area contributed by atoms with E-state index in [1.165, 1.54) is 35.2 Å². The molecule has 0 saturated carbocycles. The van der Waals surface area contributed by atoms with Crippen LogP contribution in [0.1, 0.15) is 60.6 Å². The number of anilines is 1. The van der Waals surface area contributed by atoms with E-state index in [-0.39, 0.29) is 0 Å². The van der Waals surface area contributed by atoms with Crippen molar-refractivity contribution in [2.24, 2.45) is 0 Å². The lowest BCUT2D eigenvalue weighted by atomic mass is 9.95. The number of aromatic nitrogens is 1. The van der Waals surface area contributed by atoms with Gasteiger partial charge in [0.05, 0.1) is 5.56 Å². The van der Waals surface area contributed by atoms with Crippen LogP contribution in [0.2, 0.25) is 0 Å². The monoisotopic (exact) mass is 374 g/mol. The van der Waals surface area contributed by atoms with Crippen LogP contribution in [0.5, 0.6) is 0 Å². The van der Waals surface area contributed by atoms with Crippen LogP contribution >= 0.6 is 0 Å². The van der Waals surface area contributed by atoms with Crippen LogP contribution < -0.4 is 4.90 Å². The predicted molar refractivity (Wildman–Crippen MR) is 114 cm³/mol. The maximum Gasteiger partial charge on any atom is 0.146 e. The molecule has 28 heavy (non-hydrogen) atoms. The van der Waals surface area contributed by atoms with Gasteiger partial charge in [0, 0.05) is 38.4 Å². The largest absolute Gasteiger partial charge is 0.353 e. The molecular weight excluding hydrogens is 344 g/mol. The molecule has 0 radical (unpaired) electrons. The van der Waals surface area contributed by atoms with Gasteiger partial charge >= 0.3 is 0 Å². The van der Waals surface area contributed by atoms with E-state index in [1.54, 1.807) is 0 Å². The summed E-state index contributed by atoms with van der Waals surface area (Å²) in [5.74, 6) is 1.49. The lowest BCUT2D eigenvalue weighted by molar-refractivity contribution is 0.249. The first-order valence-corrected chi connectivity index (χ1v) is 10.6. The number of pyridine rings is 1. The number of aryl methyl sites for hydroxylation is 2. The van der Waals surface area contributed by atoms with Gasteiger partial charge in [0.15, 0.2) is 0 Å². The molecule has 0 atom stereocenters. The van der Waals surface area contributed by atoms with Crippen molar-refractivity contribution in [2.45, 2.75) is 52.0 Å². The zero-order chi connectivity index (χ0) is 19.5. The lowest BCUT2D eigenvalue weighted by Crippen LogP contribution is -2.46. The number of nitriles is 1. The maximum atomic E-state index is 9.63. The first-order chi connectivity index (χ1) is 13.6. The molecule has 1 aliphatic carbocycles. The molecule has 0 unspecified atom stereocenters. The van der Waals surface area contributed by atoms with Gasteiger partial charge in [-0.15, -0.1) is 0 Å². The first kappa shape index (κ1) is 19.0. The number of fused-ring (bicyclic) bond motifs is 1. The van der Waals surface area contributed by atoms with Crippen molar-refractivity contribution in [3.63, 3.8) is 0 Å². The molecule has 1 fully saturated rings. The summed E-state index contributed by atoms with van der Waals surface area (Å²) in [6.45, 7) is 9.35. The Hall–Kier alpha value is -2.38. The van der Waals surface area contributed by atoms with E-state index in [1.807, 2.05) is 0 Å². The lowest BCUT2D eigenvalue weighted by Gasteiger charge is -2.36. The summed E-state index contributed by atoms with van der Waals surface area (Å²) in [6, 6.07) is 13.5. The molecule has 2 aromatic rings. The molecule has 0 amide bonds. The second-order valence-electron chi connectivity index (χ2n) is 8.44. The molecule has 2 aliphatic rings. The van der Waals surface area contributed by atoms with Crippen molar-refractivity contribution in [1.82, 2.24) is 9.88 Å². The minimum atomic E-state index is 0.580. The van der Waals surface area contributed by atoms with Gasteiger partial charge in [-0.1, -0.05) is 38.1 Å². The number of nitrogens with zero attached hydrogens (tertiary/aromatic N) is 4. The summed E-state index contributed by atoms with van der Waals surface area (Å²) in [5, 5.41) is 9.63. The molecule has 1 aromatic heterocycles. The van der Waals surface area contributed by atoms with Crippen LogP contribution in [-0.4, -0.2) is 36.1 Å². The van der Waals surface area contributed by atoms with Gasteiger partial charge in [-0.3, -0.25) is 4.90 Å². The summed E-state index contributed by atoms with van der Waals surface area (Å²) in [7, 11) is 0. The highest BCUT2D eigenvalue weighted by atomic mass is 15.3. The van der Waals surface area contributed by atoms with Gasteiger partial charge in [-0.05, 0) is 54.4 Å². The Bertz CT molecular complexity index is 855. The van der Waals surface area contributed by atoms with E-state index in [2.05, 4.69) is 60.0 Å². The summed E-state index contributed by atoms with van der Waals surface area (Å²) < 4.78 is 0.